The number of benzene rings is 1. The van der Waals surface area contributed by atoms with Gasteiger partial charge in [0.15, 0.2) is 11.5 Å². The van der Waals surface area contributed by atoms with Crippen molar-refractivity contribution in [2.45, 2.75) is 30.2 Å². The number of sulfonamides is 1. The predicted octanol–water partition coefficient (Wildman–Crippen LogP) is 1.65. The number of hydrogen-bond donors (Lipinski definition) is 0. The van der Waals surface area contributed by atoms with Crippen LogP contribution >= 0.6 is 0 Å². The van der Waals surface area contributed by atoms with Gasteiger partial charge in [-0.25, -0.2) is 8.42 Å². The Morgan fingerprint density at radius 2 is 1.83 bits per heavy atom. The van der Waals surface area contributed by atoms with Crippen molar-refractivity contribution in [2.24, 2.45) is 5.92 Å². The first-order valence-electron chi connectivity index (χ1n) is 8.14. The number of hydrogen-bond acceptors (Lipinski definition) is 5. The van der Waals surface area contributed by atoms with Gasteiger partial charge in [-0.2, -0.15) is 4.31 Å². The summed E-state index contributed by atoms with van der Waals surface area (Å²) < 4.78 is 44.2. The molecule has 2 fully saturated rings. The smallest absolute Gasteiger partial charge is 0.243 e. The summed E-state index contributed by atoms with van der Waals surface area (Å²) >= 11 is 0. The molecule has 2 aliphatic heterocycles. The summed E-state index contributed by atoms with van der Waals surface area (Å²) in [5, 5.41) is 0. The normalized spacial score (nSPS) is 24.1. The fraction of sp³-hybridized carbons (Fsp3) is 0.625. The Kier molecular flexibility index (Phi) is 3.95. The molecule has 23 heavy (non-hydrogen) atoms. The summed E-state index contributed by atoms with van der Waals surface area (Å²) in [5.41, 5.74) is 0. The highest BCUT2D eigenvalue weighted by molar-refractivity contribution is 7.89. The largest absolute Gasteiger partial charge is 0.486 e. The Morgan fingerprint density at radius 3 is 2.52 bits per heavy atom. The maximum absolute atomic E-state index is 13.1. The predicted molar refractivity (Wildman–Crippen MR) is 83.3 cm³/mol. The first-order valence-corrected chi connectivity index (χ1v) is 9.58. The molecule has 0 N–H and O–H groups in total. The third-order valence-corrected chi connectivity index (χ3v) is 6.45. The van der Waals surface area contributed by atoms with Gasteiger partial charge in [-0.3, -0.25) is 0 Å². The van der Waals surface area contributed by atoms with Gasteiger partial charge < -0.3 is 14.2 Å². The number of fused-ring (bicyclic) bond motifs is 1. The second-order valence-electron chi connectivity index (χ2n) is 6.34. The van der Waals surface area contributed by atoms with Crippen LogP contribution in [0.2, 0.25) is 0 Å². The average molecular weight is 339 g/mol. The SMILES string of the molecule is O=S(=O)(c1ccc2c(c1)OCCO2)N(CC1CCOC1)C1CC1. The van der Waals surface area contributed by atoms with Crippen molar-refractivity contribution in [2.75, 3.05) is 33.0 Å². The molecule has 3 aliphatic rings. The number of ether oxygens (including phenoxy) is 3. The molecular weight excluding hydrogens is 318 g/mol. The monoisotopic (exact) mass is 339 g/mol. The lowest BCUT2D eigenvalue weighted by Gasteiger charge is -2.25. The van der Waals surface area contributed by atoms with Crippen molar-refractivity contribution in [3.63, 3.8) is 0 Å². The molecule has 0 radical (unpaired) electrons. The van der Waals surface area contributed by atoms with Crippen molar-refractivity contribution in [3.8, 4) is 11.5 Å². The summed E-state index contributed by atoms with van der Waals surface area (Å²) in [5.74, 6) is 1.41. The quantitative estimate of drug-likeness (QED) is 0.816. The van der Waals surface area contributed by atoms with Crippen LogP contribution in [0, 0.1) is 5.92 Å². The van der Waals surface area contributed by atoms with E-state index in [9.17, 15) is 8.42 Å². The zero-order valence-corrected chi connectivity index (χ0v) is 13.8. The minimum atomic E-state index is -3.52. The van der Waals surface area contributed by atoms with Crippen molar-refractivity contribution in [1.82, 2.24) is 4.31 Å². The minimum absolute atomic E-state index is 0.133. The van der Waals surface area contributed by atoms with E-state index < -0.39 is 10.0 Å². The zero-order chi connectivity index (χ0) is 15.9. The van der Waals surface area contributed by atoms with Crippen LogP contribution in [0.3, 0.4) is 0 Å². The maximum Gasteiger partial charge on any atom is 0.243 e. The molecule has 7 heteroatoms. The Balaban J connectivity index is 1.61. The van der Waals surface area contributed by atoms with Crippen LogP contribution in [0.4, 0.5) is 0 Å². The Hall–Kier alpha value is -1.31. The summed E-state index contributed by atoms with van der Waals surface area (Å²) in [7, 11) is -3.52. The maximum atomic E-state index is 13.1. The first-order chi connectivity index (χ1) is 11.1. The summed E-state index contributed by atoms with van der Waals surface area (Å²) in [6.07, 6.45) is 2.81. The van der Waals surface area contributed by atoms with Crippen LogP contribution in [0.15, 0.2) is 23.1 Å². The van der Waals surface area contributed by atoms with E-state index >= 15 is 0 Å². The minimum Gasteiger partial charge on any atom is -0.486 e. The summed E-state index contributed by atoms with van der Waals surface area (Å²) in [6, 6.07) is 5.02. The van der Waals surface area contributed by atoms with E-state index in [2.05, 4.69) is 0 Å². The molecule has 1 saturated heterocycles. The van der Waals surface area contributed by atoms with E-state index in [1.54, 1.807) is 22.5 Å². The summed E-state index contributed by atoms with van der Waals surface area (Å²) in [4.78, 5) is 0.285. The highest BCUT2D eigenvalue weighted by Gasteiger charge is 2.40. The van der Waals surface area contributed by atoms with Crippen LogP contribution < -0.4 is 9.47 Å². The van der Waals surface area contributed by atoms with Gasteiger partial charge in [0.1, 0.15) is 13.2 Å². The van der Waals surface area contributed by atoms with Gasteiger partial charge in [0.2, 0.25) is 10.0 Å². The van der Waals surface area contributed by atoms with Crippen LogP contribution in [-0.4, -0.2) is 51.7 Å². The standard InChI is InChI=1S/C16H21NO5S/c18-23(19,14-3-4-15-16(9-14)22-8-7-21-15)17(13-1-2-13)10-12-5-6-20-11-12/h3-4,9,12-13H,1-2,5-8,10-11H2. The second kappa shape index (κ2) is 5.96. The van der Waals surface area contributed by atoms with Gasteiger partial charge in [-0.1, -0.05) is 0 Å². The summed E-state index contributed by atoms with van der Waals surface area (Å²) in [6.45, 7) is 2.87. The van der Waals surface area contributed by atoms with Crippen molar-refractivity contribution in [3.05, 3.63) is 18.2 Å². The Morgan fingerprint density at radius 1 is 1.04 bits per heavy atom. The van der Waals surface area contributed by atoms with Crippen LogP contribution in [0.1, 0.15) is 19.3 Å². The lowest BCUT2D eigenvalue weighted by molar-refractivity contribution is 0.171. The topological polar surface area (TPSA) is 65.1 Å². The first kappa shape index (κ1) is 15.2. The van der Waals surface area contributed by atoms with E-state index in [1.807, 2.05) is 0 Å². The fourth-order valence-corrected chi connectivity index (χ4v) is 4.88. The Labute approximate surface area is 136 Å². The van der Waals surface area contributed by atoms with E-state index in [4.69, 9.17) is 14.2 Å². The molecular formula is C16H21NO5S. The highest BCUT2D eigenvalue weighted by Crippen LogP contribution is 2.37. The average Bonchev–Trinajstić information content (AvgIpc) is 3.27. The molecule has 0 aromatic heterocycles. The van der Waals surface area contributed by atoms with Crippen molar-refractivity contribution in [1.29, 1.82) is 0 Å². The zero-order valence-electron chi connectivity index (χ0n) is 12.9. The van der Waals surface area contributed by atoms with E-state index in [0.29, 0.717) is 43.8 Å². The van der Waals surface area contributed by atoms with Crippen molar-refractivity contribution >= 4 is 10.0 Å². The van der Waals surface area contributed by atoms with Gasteiger partial charge >= 0.3 is 0 Å². The lowest BCUT2D eigenvalue weighted by atomic mass is 10.1. The molecule has 1 aromatic rings. The Bertz CT molecular complexity index is 680. The van der Waals surface area contributed by atoms with Crippen LogP contribution in [0.5, 0.6) is 11.5 Å². The number of nitrogens with zero attached hydrogens (tertiary/aromatic N) is 1. The molecule has 0 bridgehead atoms. The third kappa shape index (κ3) is 3.05. The molecule has 6 nitrogen and oxygen atoms in total. The molecule has 4 rings (SSSR count). The number of rotatable bonds is 5. The van der Waals surface area contributed by atoms with Crippen LogP contribution in [0.25, 0.3) is 0 Å². The van der Waals surface area contributed by atoms with Crippen LogP contribution in [-0.2, 0) is 14.8 Å². The van der Waals surface area contributed by atoms with Gasteiger partial charge in [-0.15, -0.1) is 0 Å². The van der Waals surface area contributed by atoms with E-state index in [-0.39, 0.29) is 10.9 Å². The second-order valence-corrected chi connectivity index (χ2v) is 8.23. The molecule has 2 heterocycles. The molecule has 0 amide bonds. The molecule has 0 spiro atoms. The molecule has 1 atom stereocenters. The van der Waals surface area contributed by atoms with Gasteiger partial charge in [0.25, 0.3) is 0 Å². The molecule has 1 aliphatic carbocycles. The molecule has 126 valence electrons. The van der Waals surface area contributed by atoms with Crippen molar-refractivity contribution < 1.29 is 22.6 Å². The van der Waals surface area contributed by atoms with Gasteiger partial charge in [0.05, 0.1) is 11.5 Å². The fourth-order valence-electron chi connectivity index (χ4n) is 3.11. The van der Waals surface area contributed by atoms with Gasteiger partial charge in [0, 0.05) is 25.3 Å². The van der Waals surface area contributed by atoms with E-state index in [0.717, 1.165) is 25.9 Å². The van der Waals surface area contributed by atoms with E-state index in [1.165, 1.54) is 0 Å². The highest BCUT2D eigenvalue weighted by atomic mass is 32.2. The molecule has 1 unspecified atom stereocenters. The molecule has 1 aromatic carbocycles. The molecule has 1 saturated carbocycles. The lowest BCUT2D eigenvalue weighted by Crippen LogP contribution is -2.37. The van der Waals surface area contributed by atoms with Gasteiger partial charge in [-0.05, 0) is 37.3 Å². The third-order valence-electron chi connectivity index (χ3n) is 4.54.